The third-order valence-corrected chi connectivity index (χ3v) is 13.7. The molecule has 0 radical (unpaired) electrons. The zero-order chi connectivity index (χ0) is 79.5. The van der Waals surface area contributed by atoms with Gasteiger partial charge in [-0.05, 0) is 53.1 Å². The second kappa shape index (κ2) is 81.9. The predicted molar refractivity (Wildman–Crippen MR) is 303 cm³/mol. The minimum Gasteiger partial charge on any atom is -0.462 e. The standard InChI is InChI=1S/C49H88N3O57P/c1-3-5-7-9-11-13-15-17-19-21-23-25-27-29-31-33-47(56)61-41-43(64-48(57)34-32-30-28-26-24-22-20-18-16-14-12-10-8-6-4-2)42-63-110(59,60)62-40-38-50-49(58)65-67-69-71-73-75-77-79-81-83-85-87-89-91-93-95-97-99-101-103-105-107-109-108-106-104-102-100-98-96-94-92-90-88-86-84-82-80-78-76-74-72-70-68-66-51-44(53)37-39-52-45(54)35-36-46(52)55/h35-36,43H,3-34,37-42H2,1-2H3,(H,50,58)(H,51,53)(H,59,60)/t43-/m1/s1. The molecule has 0 saturated carbocycles. The highest BCUT2D eigenvalue weighted by atomic mass is 31.2. The summed E-state index contributed by atoms with van der Waals surface area (Å²) in [6.45, 7) is 2.02. The van der Waals surface area contributed by atoms with Crippen molar-refractivity contribution in [2.24, 2.45) is 0 Å². The number of hydroxylamine groups is 1. The molecule has 646 valence electrons. The zero-order valence-electron chi connectivity index (χ0n) is 58.8. The lowest BCUT2D eigenvalue weighted by atomic mass is 10.0. The Morgan fingerprint density at radius 1 is 0.364 bits per heavy atom. The first-order chi connectivity index (χ1) is 54.0. The fraction of sp³-hybridized carbons (Fsp3) is 0.837. The molecule has 4 amide bonds. The van der Waals surface area contributed by atoms with Gasteiger partial charge in [0.1, 0.15) is 6.61 Å². The van der Waals surface area contributed by atoms with Gasteiger partial charge in [0.05, 0.1) is 13.2 Å². The van der Waals surface area contributed by atoms with Crippen LogP contribution < -0.4 is 10.8 Å². The topological polar surface area (TPSA) is 619 Å². The molecule has 110 heavy (non-hydrogen) atoms. The molecule has 1 aliphatic rings. The molecule has 2 atom stereocenters. The molecule has 0 spiro atoms. The van der Waals surface area contributed by atoms with Crippen LogP contribution in [-0.4, -0.2) is 84.6 Å². The van der Waals surface area contributed by atoms with E-state index in [2.05, 4.69) is 240 Å². The summed E-state index contributed by atoms with van der Waals surface area (Å²) in [7, 11) is -4.83. The Morgan fingerprint density at radius 2 is 0.645 bits per heavy atom. The lowest BCUT2D eigenvalue weighted by molar-refractivity contribution is -0.909. The third kappa shape index (κ3) is 75.6. The van der Waals surface area contributed by atoms with Crippen LogP contribution in [0.25, 0.3) is 0 Å². The molecule has 61 heteroatoms. The predicted octanol–water partition coefficient (Wildman–Crippen LogP) is 8.16. The Morgan fingerprint density at radius 3 is 0.964 bits per heavy atom. The minimum atomic E-state index is -4.83. The van der Waals surface area contributed by atoms with Crippen LogP contribution in [0.5, 0.6) is 0 Å². The Labute approximate surface area is 618 Å². The van der Waals surface area contributed by atoms with Gasteiger partial charge in [0.25, 0.3) is 11.8 Å². The molecule has 0 bridgehead atoms. The second-order valence-corrected chi connectivity index (χ2v) is 22.0. The van der Waals surface area contributed by atoms with E-state index in [9.17, 15) is 38.2 Å². The number of unbranched alkanes of at least 4 members (excludes halogenated alkanes) is 28. The lowest BCUT2D eigenvalue weighted by Crippen LogP contribution is -2.34. The van der Waals surface area contributed by atoms with Crippen molar-refractivity contribution in [3.8, 4) is 0 Å². The number of carbonyl (C=O) groups is 6. The van der Waals surface area contributed by atoms with E-state index in [1.807, 2.05) is 5.32 Å². The van der Waals surface area contributed by atoms with Crippen molar-refractivity contribution in [2.45, 2.75) is 232 Å². The summed E-state index contributed by atoms with van der Waals surface area (Å²) in [5.74, 6) is -3.15. The Balaban J connectivity index is 1.95. The monoisotopic (exact) mass is 1660 g/mol. The van der Waals surface area contributed by atoms with Gasteiger partial charge in [-0.3, -0.25) is 37.9 Å². The maximum Gasteiger partial charge on any atom is 0.472 e. The van der Waals surface area contributed by atoms with Gasteiger partial charge in [0, 0.05) is 221 Å². The summed E-state index contributed by atoms with van der Waals surface area (Å²) < 4.78 is 33.4. The molecule has 0 saturated heterocycles. The number of phosphoric ester groups is 1. The number of imide groups is 1. The van der Waals surface area contributed by atoms with Crippen molar-refractivity contribution in [3.63, 3.8) is 0 Å². The van der Waals surface area contributed by atoms with Crippen molar-refractivity contribution < 1.29 is 283 Å². The van der Waals surface area contributed by atoms with Crippen LogP contribution >= 0.6 is 7.82 Å². The zero-order valence-corrected chi connectivity index (χ0v) is 59.7. The fourth-order valence-electron chi connectivity index (χ4n) is 7.96. The Hall–Kier alpha value is -5.09. The number of nitrogens with zero attached hydrogens (tertiary/aromatic N) is 1. The maximum absolute atomic E-state index is 12.8. The van der Waals surface area contributed by atoms with Gasteiger partial charge < -0.3 is 19.7 Å². The first kappa shape index (κ1) is 103. The first-order valence-electron chi connectivity index (χ1n) is 33.0. The van der Waals surface area contributed by atoms with Crippen molar-refractivity contribution in [1.82, 2.24) is 15.7 Å². The number of rotatable bonds is 90. The number of hydrogen-bond acceptors (Lipinski definition) is 56. The number of ether oxygens (including phenoxy) is 2. The number of amides is 4. The summed E-state index contributed by atoms with van der Waals surface area (Å²) in [5, 5.41) is 157. The van der Waals surface area contributed by atoms with Crippen LogP contribution in [0.15, 0.2) is 12.2 Å². The first-order valence-corrected chi connectivity index (χ1v) is 34.5. The molecule has 1 unspecified atom stereocenters. The molecule has 0 fully saturated rings. The van der Waals surface area contributed by atoms with Gasteiger partial charge in [0.2, 0.25) is 5.91 Å². The number of carbonyl (C=O) groups excluding carboxylic acids is 6. The van der Waals surface area contributed by atoms with E-state index < -0.39 is 76.0 Å². The average molecular weight is 1660 g/mol. The molecule has 1 aliphatic heterocycles. The number of hydrogen-bond donors (Lipinski definition) is 3. The summed E-state index contributed by atoms with van der Waals surface area (Å²) in [4.78, 5) is 90.6. The van der Waals surface area contributed by atoms with Gasteiger partial charge in [-0.15, -0.1) is 0 Å². The van der Waals surface area contributed by atoms with Crippen molar-refractivity contribution in [2.75, 3.05) is 32.9 Å². The molecule has 0 aromatic rings. The Kier molecular flexibility index (Phi) is 76.6. The normalized spacial score (nSPS) is 13.0. The highest BCUT2D eigenvalue weighted by Gasteiger charge is 2.27. The smallest absolute Gasteiger partial charge is 0.462 e. The SMILES string of the molecule is CCCCCCCCCCCCCCCCCC(=O)OC[C@H](COP(=O)(O)OCCNC(=O)OOOOOOOOOOOOOOOOOOOOOOOOOOOOOOOOOOOOOOOOOOOOONC(=O)CCN1C(=O)C=CC1=O)OC(=O)CCCCCCCCCCCCCCCCC. The van der Waals surface area contributed by atoms with Gasteiger partial charge in [0.15, 0.2) is 6.10 Å². The van der Waals surface area contributed by atoms with E-state index in [0.29, 0.717) is 12.8 Å². The molecule has 0 aliphatic carbocycles. The molecule has 1 heterocycles. The third-order valence-electron chi connectivity index (χ3n) is 12.7. The highest BCUT2D eigenvalue weighted by Crippen LogP contribution is 2.43. The molecular weight excluding hydrogens is 1570 g/mol. The number of esters is 2. The van der Waals surface area contributed by atoms with E-state index >= 15 is 0 Å². The van der Waals surface area contributed by atoms with Gasteiger partial charge in [-0.1, -0.05) is 199 Å². The van der Waals surface area contributed by atoms with E-state index in [4.69, 9.17) is 18.5 Å². The molecule has 3 N–H and O–H groups in total. The van der Waals surface area contributed by atoms with Gasteiger partial charge in [-0.2, -0.15) is 5.48 Å². The van der Waals surface area contributed by atoms with E-state index in [1.165, 1.54) is 128 Å². The summed E-state index contributed by atoms with van der Waals surface area (Å²) in [6, 6.07) is 0. The van der Waals surface area contributed by atoms with Crippen LogP contribution in [-0.2, 0) is 274 Å². The van der Waals surface area contributed by atoms with Crippen molar-refractivity contribution in [3.05, 3.63) is 12.2 Å². The quantitative estimate of drug-likeness (QED) is 0.0129. The van der Waals surface area contributed by atoms with Gasteiger partial charge in [-0.25, -0.2) is 14.2 Å². The fourth-order valence-corrected chi connectivity index (χ4v) is 8.71. The summed E-state index contributed by atoms with van der Waals surface area (Å²) in [5.41, 5.74) is 1.66. The van der Waals surface area contributed by atoms with Crippen LogP contribution in [0, 0.1) is 0 Å². The van der Waals surface area contributed by atoms with Crippen LogP contribution in [0.4, 0.5) is 4.79 Å². The molecule has 1 rings (SSSR count). The van der Waals surface area contributed by atoms with Crippen LogP contribution in [0.2, 0.25) is 0 Å². The summed E-state index contributed by atoms with van der Waals surface area (Å²) in [6.07, 6.45) is 34.3. The number of phosphoric acid groups is 1. The van der Waals surface area contributed by atoms with Crippen molar-refractivity contribution >= 4 is 43.6 Å². The van der Waals surface area contributed by atoms with Crippen molar-refractivity contribution in [1.29, 1.82) is 0 Å². The van der Waals surface area contributed by atoms with E-state index in [0.717, 1.165) is 68.4 Å². The molecule has 0 aromatic carbocycles. The molecule has 60 nitrogen and oxygen atoms in total. The van der Waals surface area contributed by atoms with Crippen LogP contribution in [0.1, 0.15) is 226 Å². The highest BCUT2D eigenvalue weighted by molar-refractivity contribution is 7.47. The Bertz CT molecular complexity index is 2180. The van der Waals surface area contributed by atoms with Gasteiger partial charge >= 0.3 is 25.9 Å². The van der Waals surface area contributed by atoms with E-state index in [1.54, 1.807) is 5.48 Å². The molecule has 0 aromatic heterocycles. The summed E-state index contributed by atoms with van der Waals surface area (Å²) >= 11 is 0. The maximum atomic E-state index is 12.8. The average Bonchev–Trinajstić information content (AvgIpc) is 1.75. The molecular formula is C49H88N3O57P. The number of nitrogens with one attached hydrogen (secondary N) is 2. The lowest BCUT2D eigenvalue weighted by Gasteiger charge is -2.20. The van der Waals surface area contributed by atoms with Crippen LogP contribution in [0.3, 0.4) is 0 Å². The minimum absolute atomic E-state index is 0.0869. The van der Waals surface area contributed by atoms with E-state index in [-0.39, 0.29) is 25.8 Å². The largest absolute Gasteiger partial charge is 0.472 e. The second-order valence-electron chi connectivity index (χ2n) is 20.5.